The van der Waals surface area contributed by atoms with Gasteiger partial charge in [-0.25, -0.2) is 0 Å². The molecule has 0 radical (unpaired) electrons. The van der Waals surface area contributed by atoms with Crippen molar-refractivity contribution in [1.82, 2.24) is 0 Å². The van der Waals surface area contributed by atoms with Gasteiger partial charge in [-0.05, 0) is 44.4 Å². The molecule has 0 aromatic carbocycles. The maximum absolute atomic E-state index is 12.1. The molecule has 2 aliphatic carbocycles. The van der Waals surface area contributed by atoms with E-state index in [0.717, 1.165) is 38.9 Å². The van der Waals surface area contributed by atoms with Crippen LogP contribution in [0.4, 0.5) is 0 Å². The zero-order valence-corrected chi connectivity index (χ0v) is 11.4. The Balaban J connectivity index is 1.45. The van der Waals surface area contributed by atoms with Gasteiger partial charge in [-0.15, -0.1) is 0 Å². The highest BCUT2D eigenvalue weighted by Crippen LogP contribution is 2.44. The largest absolute Gasteiger partial charge is 0.436 e. The standard InChI is InChI=1S/C15H22O4/c1-10(18-13-4-6-17-7-5-13)19-15(16)14-9-11-2-3-12(14)8-11/h2-3,10-14H,4-9H2,1H3. The second-order valence-electron chi connectivity index (χ2n) is 5.84. The minimum absolute atomic E-state index is 0.0516. The van der Waals surface area contributed by atoms with Gasteiger partial charge in [0, 0.05) is 13.2 Å². The summed E-state index contributed by atoms with van der Waals surface area (Å²) in [6, 6.07) is 0. The number of carbonyl (C=O) groups excluding carboxylic acids is 1. The minimum Gasteiger partial charge on any atom is -0.436 e. The Labute approximate surface area is 114 Å². The molecule has 2 fully saturated rings. The number of esters is 1. The van der Waals surface area contributed by atoms with Crippen molar-refractivity contribution in [3.63, 3.8) is 0 Å². The normalized spacial score (nSPS) is 35.5. The summed E-state index contributed by atoms with van der Waals surface area (Å²) in [6.07, 6.45) is 7.96. The molecule has 4 unspecified atom stereocenters. The summed E-state index contributed by atoms with van der Waals surface area (Å²) in [4.78, 5) is 12.1. The van der Waals surface area contributed by atoms with E-state index in [1.165, 1.54) is 0 Å². The molecule has 0 amide bonds. The van der Waals surface area contributed by atoms with Gasteiger partial charge in [0.05, 0.1) is 12.0 Å². The first-order chi connectivity index (χ1) is 9.22. The van der Waals surface area contributed by atoms with Crippen molar-refractivity contribution < 1.29 is 19.0 Å². The maximum Gasteiger partial charge on any atom is 0.311 e. The van der Waals surface area contributed by atoms with E-state index in [1.54, 1.807) is 0 Å². The van der Waals surface area contributed by atoms with Gasteiger partial charge in [-0.2, -0.15) is 0 Å². The number of ether oxygens (including phenoxy) is 3. The summed E-state index contributed by atoms with van der Waals surface area (Å²) >= 11 is 0. The van der Waals surface area contributed by atoms with E-state index in [-0.39, 0.29) is 18.0 Å². The lowest BCUT2D eigenvalue weighted by Crippen LogP contribution is -2.32. The van der Waals surface area contributed by atoms with Crippen LogP contribution in [0.3, 0.4) is 0 Å². The van der Waals surface area contributed by atoms with Crippen molar-refractivity contribution in [2.24, 2.45) is 17.8 Å². The van der Waals surface area contributed by atoms with Gasteiger partial charge in [0.25, 0.3) is 0 Å². The van der Waals surface area contributed by atoms with Crippen LogP contribution in [0.25, 0.3) is 0 Å². The molecule has 4 atom stereocenters. The highest BCUT2D eigenvalue weighted by molar-refractivity contribution is 5.74. The summed E-state index contributed by atoms with van der Waals surface area (Å²) in [5, 5.41) is 0. The molecule has 0 aromatic rings. The fourth-order valence-electron chi connectivity index (χ4n) is 3.41. The molecule has 19 heavy (non-hydrogen) atoms. The Hall–Kier alpha value is -0.870. The summed E-state index contributed by atoms with van der Waals surface area (Å²) in [6.45, 7) is 3.29. The van der Waals surface area contributed by atoms with Gasteiger partial charge in [-0.3, -0.25) is 4.79 Å². The van der Waals surface area contributed by atoms with Crippen LogP contribution in [-0.2, 0) is 19.0 Å². The molecule has 1 saturated heterocycles. The van der Waals surface area contributed by atoms with Crippen molar-refractivity contribution in [1.29, 1.82) is 0 Å². The molecular weight excluding hydrogens is 244 g/mol. The molecule has 1 heterocycles. The lowest BCUT2D eigenvalue weighted by molar-refractivity contribution is -0.196. The highest BCUT2D eigenvalue weighted by atomic mass is 16.7. The van der Waals surface area contributed by atoms with Crippen LogP contribution in [0.15, 0.2) is 12.2 Å². The first-order valence-corrected chi connectivity index (χ1v) is 7.34. The van der Waals surface area contributed by atoms with E-state index in [4.69, 9.17) is 14.2 Å². The van der Waals surface area contributed by atoms with Crippen molar-refractivity contribution in [3.8, 4) is 0 Å². The Morgan fingerprint density at radius 3 is 2.68 bits per heavy atom. The molecule has 1 saturated carbocycles. The average Bonchev–Trinajstić information content (AvgIpc) is 3.02. The third kappa shape index (κ3) is 3.00. The second kappa shape index (κ2) is 5.63. The zero-order valence-electron chi connectivity index (χ0n) is 11.4. The molecular formula is C15H22O4. The molecule has 3 aliphatic rings. The fraction of sp³-hybridized carbons (Fsp3) is 0.800. The molecule has 3 rings (SSSR count). The topological polar surface area (TPSA) is 44.8 Å². The smallest absolute Gasteiger partial charge is 0.311 e. The van der Waals surface area contributed by atoms with E-state index in [2.05, 4.69) is 12.2 Å². The van der Waals surface area contributed by atoms with Gasteiger partial charge in [-0.1, -0.05) is 12.2 Å². The summed E-state index contributed by atoms with van der Waals surface area (Å²) in [7, 11) is 0. The quantitative estimate of drug-likeness (QED) is 0.445. The molecule has 2 bridgehead atoms. The monoisotopic (exact) mass is 266 g/mol. The average molecular weight is 266 g/mol. The molecule has 0 aromatic heterocycles. The number of carbonyl (C=O) groups is 1. The lowest BCUT2D eigenvalue weighted by atomic mass is 9.94. The van der Waals surface area contributed by atoms with Crippen LogP contribution in [0.2, 0.25) is 0 Å². The first kappa shape index (κ1) is 13.1. The van der Waals surface area contributed by atoms with Crippen molar-refractivity contribution in [2.45, 2.75) is 45.0 Å². The second-order valence-corrected chi connectivity index (χ2v) is 5.84. The number of rotatable bonds is 4. The Morgan fingerprint density at radius 2 is 2.05 bits per heavy atom. The van der Waals surface area contributed by atoms with Gasteiger partial charge in [0.15, 0.2) is 6.29 Å². The van der Waals surface area contributed by atoms with Gasteiger partial charge in [0.2, 0.25) is 0 Å². The third-order valence-electron chi connectivity index (χ3n) is 4.42. The Bertz CT molecular complexity index is 359. The molecule has 0 N–H and O–H groups in total. The van der Waals surface area contributed by atoms with Crippen LogP contribution in [0.5, 0.6) is 0 Å². The SMILES string of the molecule is CC(OC(=O)C1CC2C=CC1C2)OC1CCOCC1. The highest BCUT2D eigenvalue weighted by Gasteiger charge is 2.41. The van der Waals surface area contributed by atoms with Crippen LogP contribution < -0.4 is 0 Å². The predicted molar refractivity (Wildman–Crippen MR) is 69.3 cm³/mol. The number of hydrogen-bond acceptors (Lipinski definition) is 4. The van der Waals surface area contributed by atoms with Crippen molar-refractivity contribution in [2.75, 3.05) is 13.2 Å². The van der Waals surface area contributed by atoms with E-state index in [1.807, 2.05) is 6.92 Å². The lowest BCUT2D eigenvalue weighted by Gasteiger charge is -2.27. The van der Waals surface area contributed by atoms with Gasteiger partial charge < -0.3 is 14.2 Å². The molecule has 4 heteroatoms. The Kier molecular flexibility index (Phi) is 3.89. The van der Waals surface area contributed by atoms with E-state index >= 15 is 0 Å². The van der Waals surface area contributed by atoms with E-state index < -0.39 is 6.29 Å². The molecule has 0 spiro atoms. The van der Waals surface area contributed by atoms with Crippen LogP contribution in [-0.4, -0.2) is 31.6 Å². The Morgan fingerprint density at radius 1 is 1.26 bits per heavy atom. The number of hydrogen-bond donors (Lipinski definition) is 0. The summed E-state index contributed by atoms with van der Waals surface area (Å²) in [5.41, 5.74) is 0. The summed E-state index contributed by atoms with van der Waals surface area (Å²) < 4.78 is 16.5. The maximum atomic E-state index is 12.1. The van der Waals surface area contributed by atoms with Crippen molar-refractivity contribution >= 4 is 5.97 Å². The van der Waals surface area contributed by atoms with Crippen molar-refractivity contribution in [3.05, 3.63) is 12.2 Å². The van der Waals surface area contributed by atoms with Crippen LogP contribution in [0.1, 0.15) is 32.6 Å². The number of allylic oxidation sites excluding steroid dienone is 2. The number of fused-ring (bicyclic) bond motifs is 2. The molecule has 4 nitrogen and oxygen atoms in total. The minimum atomic E-state index is -0.446. The summed E-state index contributed by atoms with van der Waals surface area (Å²) in [5.74, 6) is 0.953. The van der Waals surface area contributed by atoms with Crippen LogP contribution in [0, 0.1) is 17.8 Å². The first-order valence-electron chi connectivity index (χ1n) is 7.34. The fourth-order valence-corrected chi connectivity index (χ4v) is 3.41. The molecule has 1 aliphatic heterocycles. The van der Waals surface area contributed by atoms with E-state index in [0.29, 0.717) is 11.8 Å². The predicted octanol–water partition coefficient (Wildman–Crippen LogP) is 2.28. The zero-order chi connectivity index (χ0) is 13.2. The van der Waals surface area contributed by atoms with E-state index in [9.17, 15) is 4.79 Å². The van der Waals surface area contributed by atoms with Crippen LogP contribution >= 0.6 is 0 Å². The van der Waals surface area contributed by atoms with Gasteiger partial charge >= 0.3 is 5.97 Å². The van der Waals surface area contributed by atoms with Gasteiger partial charge in [0.1, 0.15) is 0 Å². The third-order valence-corrected chi connectivity index (χ3v) is 4.42. The molecule has 106 valence electrons.